The molecule has 5 heteroatoms. The molecule has 1 saturated heterocycles. The van der Waals surface area contributed by atoms with Crippen LogP contribution in [0.4, 0.5) is 0 Å². The third-order valence-corrected chi connectivity index (χ3v) is 3.33. The first-order chi connectivity index (χ1) is 7.29. The molecule has 1 N–H and O–H groups in total. The van der Waals surface area contributed by atoms with Gasteiger partial charge in [0.25, 0.3) is 0 Å². The first-order valence-electron chi connectivity index (χ1n) is 5.14. The van der Waals surface area contributed by atoms with Gasteiger partial charge in [-0.05, 0) is 25.9 Å². The monoisotopic (exact) mass is 226 g/mol. The molecule has 0 aliphatic carbocycles. The van der Waals surface area contributed by atoms with Crippen LogP contribution in [0.25, 0.3) is 0 Å². The van der Waals surface area contributed by atoms with Crippen LogP contribution >= 0.6 is 11.3 Å². The van der Waals surface area contributed by atoms with Gasteiger partial charge in [0, 0.05) is 5.38 Å². The number of carboxylic acid groups (broad SMARTS) is 1. The molecule has 0 saturated carbocycles. The zero-order chi connectivity index (χ0) is 10.7. The van der Waals surface area contributed by atoms with Gasteiger partial charge < -0.3 is 5.11 Å². The Morgan fingerprint density at radius 2 is 2.20 bits per heavy atom. The zero-order valence-corrected chi connectivity index (χ0v) is 9.24. The van der Waals surface area contributed by atoms with Crippen molar-refractivity contribution in [2.24, 2.45) is 0 Å². The highest BCUT2D eigenvalue weighted by Crippen LogP contribution is 2.24. The molecule has 82 valence electrons. The van der Waals surface area contributed by atoms with Crippen molar-refractivity contribution in [3.63, 3.8) is 0 Å². The third-order valence-electron chi connectivity index (χ3n) is 2.72. The smallest absolute Gasteiger partial charge is 0.327 e. The Morgan fingerprint density at radius 3 is 2.73 bits per heavy atom. The molecule has 1 aliphatic heterocycles. The third kappa shape index (κ3) is 2.35. The topological polar surface area (TPSA) is 53.4 Å². The molecule has 0 amide bonds. The van der Waals surface area contributed by atoms with Crippen molar-refractivity contribution in [2.45, 2.75) is 25.3 Å². The molecule has 4 nitrogen and oxygen atoms in total. The fourth-order valence-electron chi connectivity index (χ4n) is 2.00. The Labute approximate surface area is 92.6 Å². The van der Waals surface area contributed by atoms with E-state index in [0.29, 0.717) is 5.69 Å². The predicted molar refractivity (Wildman–Crippen MR) is 57.9 cm³/mol. The summed E-state index contributed by atoms with van der Waals surface area (Å²) in [6, 6.07) is -0.545. The Morgan fingerprint density at radius 1 is 1.47 bits per heavy atom. The lowest BCUT2D eigenvalue weighted by atomic mass is 10.1. The summed E-state index contributed by atoms with van der Waals surface area (Å²) in [7, 11) is 0. The SMILES string of the molecule is O=C(O)C(c1cscn1)N1CCCCC1. The maximum absolute atomic E-state index is 11.2. The molecule has 2 rings (SSSR count). The molecule has 1 atom stereocenters. The van der Waals surface area contributed by atoms with Crippen molar-refractivity contribution in [1.29, 1.82) is 0 Å². The maximum atomic E-state index is 11.2. The molecule has 0 aromatic carbocycles. The fraction of sp³-hybridized carbons (Fsp3) is 0.600. The van der Waals surface area contributed by atoms with Gasteiger partial charge in [-0.1, -0.05) is 6.42 Å². The highest BCUT2D eigenvalue weighted by molar-refractivity contribution is 7.07. The minimum atomic E-state index is -0.789. The number of nitrogens with zero attached hydrogens (tertiary/aromatic N) is 2. The molecule has 0 radical (unpaired) electrons. The van der Waals surface area contributed by atoms with E-state index in [1.165, 1.54) is 17.8 Å². The molecule has 15 heavy (non-hydrogen) atoms. The van der Waals surface area contributed by atoms with E-state index in [9.17, 15) is 9.90 Å². The summed E-state index contributed by atoms with van der Waals surface area (Å²) < 4.78 is 0. The Kier molecular flexibility index (Phi) is 3.33. The van der Waals surface area contributed by atoms with Crippen LogP contribution in [0.2, 0.25) is 0 Å². The van der Waals surface area contributed by atoms with Crippen LogP contribution in [0.3, 0.4) is 0 Å². The number of carbonyl (C=O) groups is 1. The quantitative estimate of drug-likeness (QED) is 0.853. The summed E-state index contributed by atoms with van der Waals surface area (Å²) in [5.74, 6) is -0.789. The summed E-state index contributed by atoms with van der Waals surface area (Å²) in [4.78, 5) is 17.3. The zero-order valence-electron chi connectivity index (χ0n) is 8.43. The Bertz CT molecular complexity index is 320. The molecule has 1 unspecified atom stereocenters. The predicted octanol–water partition coefficient (Wildman–Crippen LogP) is 1.75. The summed E-state index contributed by atoms with van der Waals surface area (Å²) in [6.45, 7) is 1.74. The number of hydrogen-bond acceptors (Lipinski definition) is 4. The lowest BCUT2D eigenvalue weighted by Crippen LogP contribution is -2.38. The van der Waals surface area contributed by atoms with E-state index in [2.05, 4.69) is 4.98 Å². The molecule has 1 aromatic rings. The van der Waals surface area contributed by atoms with E-state index in [4.69, 9.17) is 0 Å². The van der Waals surface area contributed by atoms with Crippen LogP contribution < -0.4 is 0 Å². The first kappa shape index (κ1) is 10.6. The standard InChI is InChI=1S/C10H14N2O2S/c13-10(14)9(8-6-15-7-11-8)12-4-2-1-3-5-12/h6-7,9H,1-5H2,(H,13,14). The number of piperidine rings is 1. The van der Waals surface area contributed by atoms with Gasteiger partial charge >= 0.3 is 5.97 Å². The van der Waals surface area contributed by atoms with Crippen molar-refractivity contribution in [1.82, 2.24) is 9.88 Å². The van der Waals surface area contributed by atoms with E-state index in [0.717, 1.165) is 25.9 Å². The number of aliphatic carboxylic acids is 1. The first-order valence-corrected chi connectivity index (χ1v) is 6.08. The van der Waals surface area contributed by atoms with Gasteiger partial charge in [-0.25, -0.2) is 4.98 Å². The highest BCUT2D eigenvalue weighted by atomic mass is 32.1. The Hall–Kier alpha value is -0.940. The second-order valence-corrected chi connectivity index (χ2v) is 4.47. The van der Waals surface area contributed by atoms with E-state index in [1.807, 2.05) is 10.3 Å². The van der Waals surface area contributed by atoms with Crippen LogP contribution in [-0.2, 0) is 4.79 Å². The van der Waals surface area contributed by atoms with Gasteiger partial charge in [-0.3, -0.25) is 9.69 Å². The van der Waals surface area contributed by atoms with Crippen molar-refractivity contribution >= 4 is 17.3 Å². The molecular weight excluding hydrogens is 212 g/mol. The lowest BCUT2D eigenvalue weighted by molar-refractivity contribution is -0.144. The van der Waals surface area contributed by atoms with Crippen LogP contribution in [0.1, 0.15) is 31.0 Å². The van der Waals surface area contributed by atoms with Crippen molar-refractivity contribution in [3.8, 4) is 0 Å². The minimum Gasteiger partial charge on any atom is -0.480 e. The number of carboxylic acids is 1. The molecule has 1 aromatic heterocycles. The number of hydrogen-bond donors (Lipinski definition) is 1. The maximum Gasteiger partial charge on any atom is 0.327 e. The van der Waals surface area contributed by atoms with E-state index < -0.39 is 12.0 Å². The molecule has 0 spiro atoms. The van der Waals surface area contributed by atoms with Crippen LogP contribution in [0, 0.1) is 0 Å². The van der Waals surface area contributed by atoms with E-state index in [-0.39, 0.29) is 0 Å². The second kappa shape index (κ2) is 4.72. The van der Waals surface area contributed by atoms with Gasteiger partial charge in [0.2, 0.25) is 0 Å². The van der Waals surface area contributed by atoms with Crippen LogP contribution in [-0.4, -0.2) is 34.0 Å². The van der Waals surface area contributed by atoms with Crippen LogP contribution in [0.15, 0.2) is 10.9 Å². The van der Waals surface area contributed by atoms with Gasteiger partial charge in [-0.2, -0.15) is 0 Å². The van der Waals surface area contributed by atoms with Gasteiger partial charge in [0.15, 0.2) is 6.04 Å². The summed E-state index contributed by atoms with van der Waals surface area (Å²) in [6.07, 6.45) is 3.39. The second-order valence-electron chi connectivity index (χ2n) is 3.75. The summed E-state index contributed by atoms with van der Waals surface area (Å²) >= 11 is 1.45. The van der Waals surface area contributed by atoms with Crippen molar-refractivity contribution < 1.29 is 9.90 Å². The minimum absolute atomic E-state index is 0.545. The highest BCUT2D eigenvalue weighted by Gasteiger charge is 2.29. The lowest BCUT2D eigenvalue weighted by Gasteiger charge is -2.30. The van der Waals surface area contributed by atoms with E-state index in [1.54, 1.807) is 5.51 Å². The Balaban J connectivity index is 2.15. The fourth-order valence-corrected chi connectivity index (χ4v) is 2.58. The molecule has 1 aliphatic rings. The van der Waals surface area contributed by atoms with Crippen molar-refractivity contribution in [3.05, 3.63) is 16.6 Å². The van der Waals surface area contributed by atoms with Crippen LogP contribution in [0.5, 0.6) is 0 Å². The van der Waals surface area contributed by atoms with E-state index >= 15 is 0 Å². The number of aromatic nitrogens is 1. The molecule has 2 heterocycles. The normalized spacial score (nSPS) is 20.0. The average Bonchev–Trinajstić information content (AvgIpc) is 2.72. The van der Waals surface area contributed by atoms with Gasteiger partial charge in [0.1, 0.15) is 0 Å². The average molecular weight is 226 g/mol. The molecule has 0 bridgehead atoms. The number of likely N-dealkylation sites (tertiary alicyclic amines) is 1. The van der Waals surface area contributed by atoms with Gasteiger partial charge in [-0.15, -0.1) is 11.3 Å². The summed E-state index contributed by atoms with van der Waals surface area (Å²) in [5.41, 5.74) is 2.37. The number of rotatable bonds is 3. The van der Waals surface area contributed by atoms with Crippen molar-refractivity contribution in [2.75, 3.05) is 13.1 Å². The molecule has 1 fully saturated rings. The molecular formula is C10H14N2O2S. The van der Waals surface area contributed by atoms with Gasteiger partial charge in [0.05, 0.1) is 11.2 Å². The number of thiazole rings is 1. The summed E-state index contributed by atoms with van der Waals surface area (Å²) in [5, 5.41) is 11.0. The largest absolute Gasteiger partial charge is 0.480 e.